The van der Waals surface area contributed by atoms with Gasteiger partial charge in [0.2, 0.25) is 5.91 Å². The van der Waals surface area contributed by atoms with E-state index in [2.05, 4.69) is 24.1 Å². The highest BCUT2D eigenvalue weighted by molar-refractivity contribution is 5.78. The minimum Gasteiger partial charge on any atom is -0.355 e. The minimum absolute atomic E-state index is 0.161. The summed E-state index contributed by atoms with van der Waals surface area (Å²) in [5, 5.41) is 2.89. The van der Waals surface area contributed by atoms with E-state index in [1.807, 2.05) is 0 Å². The number of amides is 1. The molecule has 2 atom stereocenters. The number of carbonyl (C=O) groups excluding carboxylic acids is 1. The van der Waals surface area contributed by atoms with E-state index in [1.165, 1.54) is 0 Å². The lowest BCUT2D eigenvalue weighted by atomic mass is 9.95. The Hall–Kier alpha value is -0.610. The van der Waals surface area contributed by atoms with Gasteiger partial charge >= 0.3 is 0 Å². The first-order chi connectivity index (χ1) is 7.69. The van der Waals surface area contributed by atoms with Gasteiger partial charge in [-0.05, 0) is 32.7 Å². The molecule has 1 fully saturated rings. The molecule has 2 unspecified atom stereocenters. The van der Waals surface area contributed by atoms with Gasteiger partial charge in [-0.25, -0.2) is 0 Å². The van der Waals surface area contributed by atoms with E-state index in [-0.39, 0.29) is 11.8 Å². The normalized spacial score (nSPS) is 24.1. The monoisotopic (exact) mass is 227 g/mol. The van der Waals surface area contributed by atoms with E-state index in [0.717, 1.165) is 32.4 Å². The first-order valence-corrected chi connectivity index (χ1v) is 6.40. The van der Waals surface area contributed by atoms with Gasteiger partial charge in [-0.2, -0.15) is 0 Å². The Morgan fingerprint density at radius 2 is 2.38 bits per heavy atom. The van der Waals surface area contributed by atoms with E-state index in [0.29, 0.717) is 19.1 Å². The van der Waals surface area contributed by atoms with Crippen molar-refractivity contribution in [3.05, 3.63) is 0 Å². The number of carbonyl (C=O) groups is 1. The van der Waals surface area contributed by atoms with Gasteiger partial charge in [-0.1, -0.05) is 6.92 Å². The molecular weight excluding hydrogens is 202 g/mol. The van der Waals surface area contributed by atoms with Crippen molar-refractivity contribution in [2.24, 2.45) is 11.7 Å². The molecule has 0 aromatic carbocycles. The van der Waals surface area contributed by atoms with E-state index in [4.69, 9.17) is 5.73 Å². The number of likely N-dealkylation sites (tertiary alicyclic amines) is 1. The third kappa shape index (κ3) is 3.76. The Morgan fingerprint density at radius 3 is 3.00 bits per heavy atom. The number of nitrogens with two attached hydrogens (primary N) is 1. The van der Waals surface area contributed by atoms with Crippen LogP contribution >= 0.6 is 0 Å². The number of hydrogen-bond donors (Lipinski definition) is 2. The second-order valence-electron chi connectivity index (χ2n) is 4.67. The lowest BCUT2D eigenvalue weighted by Gasteiger charge is -2.35. The van der Waals surface area contributed by atoms with Gasteiger partial charge in [-0.15, -0.1) is 0 Å². The summed E-state index contributed by atoms with van der Waals surface area (Å²) >= 11 is 0. The van der Waals surface area contributed by atoms with E-state index >= 15 is 0 Å². The van der Waals surface area contributed by atoms with Gasteiger partial charge in [0.25, 0.3) is 0 Å². The summed E-state index contributed by atoms with van der Waals surface area (Å²) in [4.78, 5) is 14.2. The van der Waals surface area contributed by atoms with Crippen LogP contribution in [0.4, 0.5) is 0 Å². The smallest absolute Gasteiger partial charge is 0.224 e. The molecule has 1 rings (SSSR count). The third-order valence-corrected chi connectivity index (χ3v) is 3.48. The predicted octanol–water partition coefficient (Wildman–Crippen LogP) is 0.572. The standard InChI is InChI=1S/C12H25N3O/c1-3-10(2)15-8-4-5-11(9-15)12(16)14-7-6-13/h10-11H,3-9,13H2,1-2H3,(H,14,16). The van der Waals surface area contributed by atoms with Crippen LogP contribution in [0.15, 0.2) is 0 Å². The molecule has 1 saturated heterocycles. The molecule has 1 aliphatic rings. The second-order valence-corrected chi connectivity index (χ2v) is 4.67. The van der Waals surface area contributed by atoms with Crippen molar-refractivity contribution in [2.45, 2.75) is 39.2 Å². The minimum atomic E-state index is 0.161. The summed E-state index contributed by atoms with van der Waals surface area (Å²) < 4.78 is 0. The van der Waals surface area contributed by atoms with Crippen LogP contribution in [0.25, 0.3) is 0 Å². The summed E-state index contributed by atoms with van der Waals surface area (Å²) in [6.45, 7) is 7.59. The van der Waals surface area contributed by atoms with Gasteiger partial charge in [0.05, 0.1) is 5.92 Å². The summed E-state index contributed by atoms with van der Waals surface area (Å²) in [7, 11) is 0. The van der Waals surface area contributed by atoms with Crippen molar-refractivity contribution in [2.75, 3.05) is 26.2 Å². The van der Waals surface area contributed by atoms with Crippen molar-refractivity contribution >= 4 is 5.91 Å². The Labute approximate surface area is 98.6 Å². The first-order valence-electron chi connectivity index (χ1n) is 6.40. The van der Waals surface area contributed by atoms with Crippen LogP contribution in [-0.4, -0.2) is 43.0 Å². The van der Waals surface area contributed by atoms with E-state index < -0.39 is 0 Å². The highest BCUT2D eigenvalue weighted by atomic mass is 16.1. The highest BCUT2D eigenvalue weighted by Gasteiger charge is 2.27. The average molecular weight is 227 g/mol. The van der Waals surface area contributed by atoms with Crippen LogP contribution < -0.4 is 11.1 Å². The largest absolute Gasteiger partial charge is 0.355 e. The quantitative estimate of drug-likeness (QED) is 0.722. The van der Waals surface area contributed by atoms with Crippen molar-refractivity contribution in [1.29, 1.82) is 0 Å². The summed E-state index contributed by atoms with van der Waals surface area (Å²) in [5.74, 6) is 0.341. The zero-order chi connectivity index (χ0) is 12.0. The lowest BCUT2D eigenvalue weighted by Crippen LogP contribution is -2.46. The van der Waals surface area contributed by atoms with Crippen molar-refractivity contribution in [3.63, 3.8) is 0 Å². The summed E-state index contributed by atoms with van der Waals surface area (Å²) in [5.41, 5.74) is 5.38. The van der Waals surface area contributed by atoms with Crippen LogP contribution in [0, 0.1) is 5.92 Å². The Bertz CT molecular complexity index is 220. The molecule has 0 aromatic rings. The zero-order valence-corrected chi connectivity index (χ0v) is 10.5. The zero-order valence-electron chi connectivity index (χ0n) is 10.5. The molecular formula is C12H25N3O. The predicted molar refractivity (Wildman–Crippen MR) is 66.1 cm³/mol. The topological polar surface area (TPSA) is 58.4 Å². The molecule has 4 heteroatoms. The maximum absolute atomic E-state index is 11.8. The first kappa shape index (κ1) is 13.5. The third-order valence-electron chi connectivity index (χ3n) is 3.48. The van der Waals surface area contributed by atoms with Crippen molar-refractivity contribution in [1.82, 2.24) is 10.2 Å². The molecule has 4 nitrogen and oxygen atoms in total. The molecule has 0 aromatic heterocycles. The van der Waals surface area contributed by atoms with Gasteiger partial charge in [0.1, 0.15) is 0 Å². The van der Waals surface area contributed by atoms with Crippen molar-refractivity contribution in [3.8, 4) is 0 Å². The van der Waals surface area contributed by atoms with E-state index in [1.54, 1.807) is 0 Å². The Kier molecular flexibility index (Phi) is 5.77. The molecule has 3 N–H and O–H groups in total. The summed E-state index contributed by atoms with van der Waals surface area (Å²) in [6.07, 6.45) is 3.30. The molecule has 0 spiro atoms. The number of nitrogens with one attached hydrogen (secondary N) is 1. The fraction of sp³-hybridized carbons (Fsp3) is 0.917. The van der Waals surface area contributed by atoms with Crippen LogP contribution in [-0.2, 0) is 4.79 Å². The van der Waals surface area contributed by atoms with Crippen LogP contribution in [0.1, 0.15) is 33.1 Å². The molecule has 16 heavy (non-hydrogen) atoms. The fourth-order valence-corrected chi connectivity index (χ4v) is 2.22. The molecule has 0 bridgehead atoms. The number of rotatable bonds is 5. The van der Waals surface area contributed by atoms with Gasteiger partial charge in [0.15, 0.2) is 0 Å². The van der Waals surface area contributed by atoms with Gasteiger partial charge in [0, 0.05) is 25.7 Å². The van der Waals surface area contributed by atoms with Crippen LogP contribution in [0.5, 0.6) is 0 Å². The lowest BCUT2D eigenvalue weighted by molar-refractivity contribution is -0.126. The molecule has 1 heterocycles. The fourth-order valence-electron chi connectivity index (χ4n) is 2.22. The molecule has 94 valence electrons. The SMILES string of the molecule is CCC(C)N1CCCC(C(=O)NCCN)C1. The second kappa shape index (κ2) is 6.86. The molecule has 1 amide bonds. The molecule has 1 aliphatic heterocycles. The van der Waals surface area contributed by atoms with E-state index in [9.17, 15) is 4.79 Å². The van der Waals surface area contributed by atoms with Crippen molar-refractivity contribution < 1.29 is 4.79 Å². The Balaban J connectivity index is 2.40. The van der Waals surface area contributed by atoms with Gasteiger partial charge < -0.3 is 11.1 Å². The highest BCUT2D eigenvalue weighted by Crippen LogP contribution is 2.19. The number of piperidine rings is 1. The molecule has 0 aliphatic carbocycles. The average Bonchev–Trinajstić information content (AvgIpc) is 2.35. The summed E-state index contributed by atoms with van der Waals surface area (Å²) in [6, 6.07) is 0.588. The number of nitrogens with zero attached hydrogens (tertiary/aromatic N) is 1. The Morgan fingerprint density at radius 1 is 1.62 bits per heavy atom. The molecule has 0 radical (unpaired) electrons. The van der Waals surface area contributed by atoms with Gasteiger partial charge in [-0.3, -0.25) is 9.69 Å². The van der Waals surface area contributed by atoms with Crippen LogP contribution in [0.2, 0.25) is 0 Å². The number of hydrogen-bond acceptors (Lipinski definition) is 3. The molecule has 0 saturated carbocycles. The maximum atomic E-state index is 11.8. The van der Waals surface area contributed by atoms with Crippen LogP contribution in [0.3, 0.4) is 0 Å². The maximum Gasteiger partial charge on any atom is 0.224 e.